The van der Waals surface area contributed by atoms with Crippen LogP contribution in [0.5, 0.6) is 0 Å². The van der Waals surface area contributed by atoms with Crippen molar-refractivity contribution in [1.29, 1.82) is 5.26 Å². The van der Waals surface area contributed by atoms with Crippen LogP contribution in [-0.4, -0.2) is 49.9 Å². The highest BCUT2D eigenvalue weighted by Crippen LogP contribution is 2.38. The van der Waals surface area contributed by atoms with Crippen LogP contribution in [-0.2, 0) is 21.6 Å². The summed E-state index contributed by atoms with van der Waals surface area (Å²) in [5.41, 5.74) is -0.204. The van der Waals surface area contributed by atoms with Crippen molar-refractivity contribution in [3.63, 3.8) is 0 Å². The van der Waals surface area contributed by atoms with Crippen LogP contribution in [0, 0.1) is 23.0 Å². The third kappa shape index (κ3) is 6.13. The van der Waals surface area contributed by atoms with E-state index in [2.05, 4.69) is 16.2 Å². The molecule has 0 aliphatic carbocycles. The van der Waals surface area contributed by atoms with Crippen LogP contribution in [0.2, 0.25) is 0 Å². The van der Waals surface area contributed by atoms with E-state index in [0.717, 1.165) is 17.7 Å². The molecule has 0 amide bonds. The van der Waals surface area contributed by atoms with Gasteiger partial charge in [0, 0.05) is 16.9 Å². The van der Waals surface area contributed by atoms with Gasteiger partial charge in [-0.25, -0.2) is 18.4 Å². The first kappa shape index (κ1) is 25.0. The molecule has 0 spiro atoms. The highest BCUT2D eigenvalue weighted by Gasteiger charge is 2.41. The van der Waals surface area contributed by atoms with E-state index in [0.29, 0.717) is 18.8 Å². The summed E-state index contributed by atoms with van der Waals surface area (Å²) in [5.74, 6) is -1.55. The molecule has 0 saturated carbocycles. The first-order valence-corrected chi connectivity index (χ1v) is 11.9. The number of halogens is 2. The van der Waals surface area contributed by atoms with Crippen molar-refractivity contribution in [3.05, 3.63) is 89.5 Å². The number of nitriles is 1. The largest absolute Gasteiger partial charge is 0.382 e. The third-order valence-corrected chi connectivity index (χ3v) is 7.17. The maximum absolute atomic E-state index is 14.7. The summed E-state index contributed by atoms with van der Waals surface area (Å²) in [6.07, 6.45) is 5.88. The molecule has 2 atom stereocenters. The minimum Gasteiger partial charge on any atom is -0.382 e. The Morgan fingerprint density at radius 1 is 1.26 bits per heavy atom. The first-order valence-electron chi connectivity index (χ1n) is 10.9. The Morgan fingerprint density at radius 2 is 2.00 bits per heavy atom. The van der Waals surface area contributed by atoms with Crippen molar-refractivity contribution in [2.75, 3.05) is 13.2 Å². The van der Waals surface area contributed by atoms with E-state index in [1.165, 1.54) is 35.2 Å². The number of rotatable bonds is 8. The quantitative estimate of drug-likeness (QED) is 0.504. The van der Waals surface area contributed by atoms with Crippen molar-refractivity contribution in [3.8, 4) is 6.07 Å². The van der Waals surface area contributed by atoms with Gasteiger partial charge < -0.3 is 14.6 Å². The molecule has 0 bridgehead atoms. The van der Waals surface area contributed by atoms with Crippen molar-refractivity contribution < 1.29 is 23.4 Å². The molecule has 2 aromatic carbocycles. The second-order valence-electron chi connectivity index (χ2n) is 8.17. The topological polar surface area (TPSA) is 93.2 Å². The zero-order chi connectivity index (χ0) is 24.8. The molecular formula is C25H24F2N4O3S. The van der Waals surface area contributed by atoms with Gasteiger partial charge in [-0.15, -0.1) is 11.8 Å². The number of aliphatic hydroxyl groups is 1. The molecule has 2 heterocycles. The first-order chi connectivity index (χ1) is 16.9. The lowest BCUT2D eigenvalue weighted by Gasteiger charge is -2.37. The van der Waals surface area contributed by atoms with Gasteiger partial charge in [0.15, 0.2) is 6.29 Å². The van der Waals surface area contributed by atoms with Crippen molar-refractivity contribution in [2.45, 2.75) is 35.9 Å². The van der Waals surface area contributed by atoms with E-state index >= 15 is 0 Å². The second kappa shape index (κ2) is 11.1. The molecule has 10 heteroatoms. The Bertz CT molecular complexity index is 1190. The van der Waals surface area contributed by atoms with Gasteiger partial charge in [0.1, 0.15) is 29.9 Å². The van der Waals surface area contributed by atoms with E-state index in [1.807, 2.05) is 18.2 Å². The van der Waals surface area contributed by atoms with Gasteiger partial charge in [0.05, 0.1) is 36.6 Å². The molecule has 0 unspecified atom stereocenters. The van der Waals surface area contributed by atoms with Crippen LogP contribution in [0.3, 0.4) is 0 Å². The normalized spacial score (nSPS) is 20.9. The molecule has 182 valence electrons. The number of hydrogen-bond acceptors (Lipinski definition) is 7. The van der Waals surface area contributed by atoms with Crippen molar-refractivity contribution in [2.24, 2.45) is 0 Å². The standard InChI is InChI=1S/C25H24F2N4O3S/c1-17(25(32,14-31-16-29-15-30-31)22-8-7-20(26)10-23(22)27)35-21-12-33-24(34-13-21)9-6-18-2-4-19(11-28)5-3-18/h2-10,15-17,21,24,32H,12-14H2,1H3/t17-,21-,24-,25-/m1/s1. The van der Waals surface area contributed by atoms with Crippen LogP contribution >= 0.6 is 11.8 Å². The van der Waals surface area contributed by atoms with Gasteiger partial charge in [0.25, 0.3) is 0 Å². The number of hydrogen-bond donors (Lipinski definition) is 1. The molecule has 1 aliphatic rings. The van der Waals surface area contributed by atoms with E-state index in [4.69, 9.17) is 14.7 Å². The fourth-order valence-electron chi connectivity index (χ4n) is 3.78. The van der Waals surface area contributed by atoms with Gasteiger partial charge >= 0.3 is 0 Å². The Balaban J connectivity index is 1.40. The number of aromatic nitrogens is 3. The summed E-state index contributed by atoms with van der Waals surface area (Å²) in [7, 11) is 0. The lowest BCUT2D eigenvalue weighted by Crippen LogP contribution is -2.43. The maximum Gasteiger partial charge on any atom is 0.177 e. The van der Waals surface area contributed by atoms with Gasteiger partial charge in [-0.05, 0) is 29.8 Å². The molecule has 3 aromatic rings. The van der Waals surface area contributed by atoms with Gasteiger partial charge in [-0.3, -0.25) is 0 Å². The van der Waals surface area contributed by atoms with Gasteiger partial charge in [0.2, 0.25) is 0 Å². The lowest BCUT2D eigenvalue weighted by molar-refractivity contribution is -0.146. The second-order valence-corrected chi connectivity index (χ2v) is 9.82. The number of nitrogens with zero attached hydrogens (tertiary/aromatic N) is 4. The summed E-state index contributed by atoms with van der Waals surface area (Å²) in [6, 6.07) is 12.4. The van der Waals surface area contributed by atoms with Crippen LogP contribution in [0.15, 0.2) is 61.2 Å². The monoisotopic (exact) mass is 498 g/mol. The zero-order valence-electron chi connectivity index (χ0n) is 18.9. The van der Waals surface area contributed by atoms with E-state index in [-0.39, 0.29) is 17.4 Å². The van der Waals surface area contributed by atoms with Crippen LogP contribution < -0.4 is 0 Å². The van der Waals surface area contributed by atoms with Gasteiger partial charge in [-0.1, -0.05) is 31.2 Å². The van der Waals surface area contributed by atoms with E-state index < -0.39 is 28.8 Å². The SMILES string of the molecule is C[C@@H](S[C@H]1CO[C@H](C=Cc2ccc(C#N)cc2)OC1)[C@](O)(Cn1cncn1)c1ccc(F)cc1F. The van der Waals surface area contributed by atoms with Crippen LogP contribution in [0.25, 0.3) is 6.08 Å². The Labute approximate surface area is 206 Å². The van der Waals surface area contributed by atoms with E-state index in [9.17, 15) is 13.9 Å². The maximum atomic E-state index is 14.7. The minimum absolute atomic E-state index is 0.0183. The molecule has 1 fully saturated rings. The minimum atomic E-state index is -1.69. The highest BCUT2D eigenvalue weighted by atomic mass is 32.2. The third-order valence-electron chi connectivity index (χ3n) is 5.71. The summed E-state index contributed by atoms with van der Waals surface area (Å²) in [5, 5.41) is 23.9. The predicted octanol–water partition coefficient (Wildman–Crippen LogP) is 3.89. The average Bonchev–Trinajstić information content (AvgIpc) is 3.36. The molecular weight excluding hydrogens is 474 g/mol. The lowest BCUT2D eigenvalue weighted by atomic mass is 9.90. The molecule has 1 saturated heterocycles. The van der Waals surface area contributed by atoms with Crippen LogP contribution in [0.4, 0.5) is 8.78 Å². The summed E-state index contributed by atoms with van der Waals surface area (Å²) < 4.78 is 41.3. The average molecular weight is 499 g/mol. The molecule has 7 nitrogen and oxygen atoms in total. The molecule has 1 N–H and O–H groups in total. The predicted molar refractivity (Wildman–Crippen MR) is 127 cm³/mol. The molecule has 35 heavy (non-hydrogen) atoms. The zero-order valence-corrected chi connectivity index (χ0v) is 19.7. The summed E-state index contributed by atoms with van der Waals surface area (Å²) in [4.78, 5) is 3.89. The molecule has 4 rings (SSSR count). The Hall–Kier alpha value is -3.10. The molecule has 0 radical (unpaired) electrons. The summed E-state index contributed by atoms with van der Waals surface area (Å²) in [6.45, 7) is 2.45. The Morgan fingerprint density at radius 3 is 2.63 bits per heavy atom. The molecule has 1 aliphatic heterocycles. The highest BCUT2D eigenvalue weighted by molar-refractivity contribution is 8.00. The van der Waals surface area contributed by atoms with E-state index in [1.54, 1.807) is 25.1 Å². The summed E-state index contributed by atoms with van der Waals surface area (Å²) >= 11 is 1.40. The number of thioether (sulfide) groups is 1. The number of ether oxygens (including phenoxy) is 2. The Kier molecular flexibility index (Phi) is 7.93. The number of benzene rings is 2. The van der Waals surface area contributed by atoms with Crippen molar-refractivity contribution >= 4 is 17.8 Å². The van der Waals surface area contributed by atoms with Crippen molar-refractivity contribution in [1.82, 2.24) is 14.8 Å². The van der Waals surface area contributed by atoms with Crippen LogP contribution in [0.1, 0.15) is 23.6 Å². The fraction of sp³-hybridized carbons (Fsp3) is 0.320. The fourth-order valence-corrected chi connectivity index (χ4v) is 5.10. The molecule has 1 aromatic heterocycles. The van der Waals surface area contributed by atoms with Gasteiger partial charge in [-0.2, -0.15) is 10.4 Å². The smallest absolute Gasteiger partial charge is 0.177 e.